The van der Waals surface area contributed by atoms with E-state index in [2.05, 4.69) is 4.98 Å². The molecule has 0 fully saturated rings. The number of primary amides is 1. The highest BCUT2D eigenvalue weighted by Crippen LogP contribution is 2.29. The number of nitrogens with zero attached hydrogens (tertiary/aromatic N) is 2. The zero-order valence-corrected chi connectivity index (χ0v) is 11.0. The van der Waals surface area contributed by atoms with E-state index in [1.165, 1.54) is 0 Å². The first-order valence-corrected chi connectivity index (χ1v) is 6.27. The van der Waals surface area contributed by atoms with Gasteiger partial charge in [0.05, 0.1) is 17.7 Å². The van der Waals surface area contributed by atoms with Crippen LogP contribution in [0.25, 0.3) is 10.9 Å². The Morgan fingerprint density at radius 1 is 1.37 bits per heavy atom. The number of para-hydroxylation sites is 1. The maximum Gasteiger partial charge on any atom is 0.236 e. The molecule has 0 saturated carbocycles. The summed E-state index contributed by atoms with van der Waals surface area (Å²) in [5.41, 5.74) is 13.9. The zero-order valence-electron chi connectivity index (χ0n) is 11.0. The molecule has 100 valence electrons. The number of pyridine rings is 1. The van der Waals surface area contributed by atoms with Gasteiger partial charge in [-0.2, -0.15) is 0 Å². The Morgan fingerprint density at radius 2 is 2.11 bits per heavy atom. The van der Waals surface area contributed by atoms with Gasteiger partial charge in [0.2, 0.25) is 5.91 Å². The van der Waals surface area contributed by atoms with Gasteiger partial charge in [-0.25, -0.2) is 0 Å². The molecule has 0 aliphatic rings. The van der Waals surface area contributed by atoms with Gasteiger partial charge in [-0.15, -0.1) is 0 Å². The standard InChI is InChI=1S/C14H18N4O/c1-2-18(9-13(16)19)14-10(7-15)8-17-12-6-4-3-5-11(12)14/h3-6,8H,2,7,9,15H2,1H3,(H2,16,19). The van der Waals surface area contributed by atoms with Gasteiger partial charge in [0.25, 0.3) is 0 Å². The molecule has 0 unspecified atom stereocenters. The van der Waals surface area contributed by atoms with Gasteiger partial charge in [-0.1, -0.05) is 18.2 Å². The summed E-state index contributed by atoms with van der Waals surface area (Å²) < 4.78 is 0. The molecule has 0 aliphatic carbocycles. The maximum absolute atomic E-state index is 11.2. The largest absolute Gasteiger partial charge is 0.368 e. The van der Waals surface area contributed by atoms with Crippen LogP contribution in [0, 0.1) is 0 Å². The number of aromatic nitrogens is 1. The summed E-state index contributed by atoms with van der Waals surface area (Å²) in [7, 11) is 0. The predicted octanol–water partition coefficient (Wildman–Crippen LogP) is 1.01. The minimum atomic E-state index is -0.356. The average Bonchev–Trinajstić information content (AvgIpc) is 2.43. The van der Waals surface area contributed by atoms with Crippen molar-refractivity contribution in [2.45, 2.75) is 13.5 Å². The van der Waals surface area contributed by atoms with E-state index in [0.717, 1.165) is 22.2 Å². The van der Waals surface area contributed by atoms with Crippen molar-refractivity contribution in [1.82, 2.24) is 4.98 Å². The van der Waals surface area contributed by atoms with Crippen LogP contribution in [0.2, 0.25) is 0 Å². The van der Waals surface area contributed by atoms with Crippen molar-refractivity contribution in [3.8, 4) is 0 Å². The molecular formula is C14H18N4O. The summed E-state index contributed by atoms with van der Waals surface area (Å²) in [6.45, 7) is 3.22. The number of benzene rings is 1. The highest BCUT2D eigenvalue weighted by molar-refractivity contribution is 5.95. The van der Waals surface area contributed by atoms with Gasteiger partial charge < -0.3 is 16.4 Å². The quantitative estimate of drug-likeness (QED) is 0.838. The Kier molecular flexibility index (Phi) is 3.97. The van der Waals surface area contributed by atoms with Crippen LogP contribution in [0.15, 0.2) is 30.5 Å². The smallest absolute Gasteiger partial charge is 0.236 e. The van der Waals surface area contributed by atoms with Crippen LogP contribution in [-0.2, 0) is 11.3 Å². The molecule has 0 saturated heterocycles. The van der Waals surface area contributed by atoms with Crippen molar-refractivity contribution < 1.29 is 4.79 Å². The second-order valence-corrected chi connectivity index (χ2v) is 4.33. The van der Waals surface area contributed by atoms with E-state index in [-0.39, 0.29) is 12.5 Å². The Morgan fingerprint density at radius 3 is 2.74 bits per heavy atom. The third-order valence-electron chi connectivity index (χ3n) is 3.09. The number of amides is 1. The van der Waals surface area contributed by atoms with Crippen LogP contribution < -0.4 is 16.4 Å². The molecule has 0 radical (unpaired) electrons. The third kappa shape index (κ3) is 2.66. The molecule has 5 heteroatoms. The number of hydrogen-bond acceptors (Lipinski definition) is 4. The van der Waals surface area contributed by atoms with Crippen molar-refractivity contribution in [1.29, 1.82) is 0 Å². The molecule has 4 N–H and O–H groups in total. The maximum atomic E-state index is 11.2. The fraction of sp³-hybridized carbons (Fsp3) is 0.286. The number of anilines is 1. The Bertz CT molecular complexity index is 597. The molecule has 19 heavy (non-hydrogen) atoms. The molecule has 5 nitrogen and oxygen atoms in total. The van der Waals surface area contributed by atoms with Crippen LogP contribution in [0.1, 0.15) is 12.5 Å². The van der Waals surface area contributed by atoms with Crippen LogP contribution in [0.4, 0.5) is 5.69 Å². The number of hydrogen-bond donors (Lipinski definition) is 2. The van der Waals surface area contributed by atoms with Crippen LogP contribution >= 0.6 is 0 Å². The lowest BCUT2D eigenvalue weighted by Gasteiger charge is -2.25. The second-order valence-electron chi connectivity index (χ2n) is 4.33. The van der Waals surface area contributed by atoms with Crippen molar-refractivity contribution >= 4 is 22.5 Å². The van der Waals surface area contributed by atoms with Gasteiger partial charge in [0.15, 0.2) is 0 Å². The molecule has 0 atom stereocenters. The normalized spacial score (nSPS) is 10.6. The van der Waals surface area contributed by atoms with E-state index >= 15 is 0 Å². The number of carbonyl (C=O) groups is 1. The topological polar surface area (TPSA) is 85.2 Å². The summed E-state index contributed by atoms with van der Waals surface area (Å²) in [6.07, 6.45) is 1.77. The number of rotatable bonds is 5. The summed E-state index contributed by atoms with van der Waals surface area (Å²) in [5.74, 6) is -0.356. The van der Waals surface area contributed by atoms with Crippen LogP contribution in [0.3, 0.4) is 0 Å². The molecule has 0 bridgehead atoms. The molecule has 0 spiro atoms. The first-order chi connectivity index (χ1) is 9.17. The van der Waals surface area contributed by atoms with Crippen molar-refractivity contribution in [2.75, 3.05) is 18.0 Å². The van der Waals surface area contributed by atoms with Gasteiger partial charge in [-0.05, 0) is 13.0 Å². The average molecular weight is 258 g/mol. The van der Waals surface area contributed by atoms with Crippen molar-refractivity contribution in [3.05, 3.63) is 36.0 Å². The SMILES string of the molecule is CCN(CC(N)=O)c1c(CN)cnc2ccccc12. The molecule has 1 aromatic heterocycles. The zero-order chi connectivity index (χ0) is 13.8. The molecule has 1 heterocycles. The molecule has 1 amide bonds. The number of fused-ring (bicyclic) bond motifs is 1. The second kappa shape index (κ2) is 5.67. The van der Waals surface area contributed by atoms with Crippen LogP contribution in [-0.4, -0.2) is 24.0 Å². The van der Waals surface area contributed by atoms with Gasteiger partial charge >= 0.3 is 0 Å². The number of carbonyl (C=O) groups excluding carboxylic acids is 1. The van der Waals surface area contributed by atoms with E-state index in [1.54, 1.807) is 6.20 Å². The lowest BCUT2D eigenvalue weighted by molar-refractivity contribution is -0.116. The Labute approximate surface area is 112 Å². The van der Waals surface area contributed by atoms with Gasteiger partial charge in [0.1, 0.15) is 0 Å². The van der Waals surface area contributed by atoms with Crippen molar-refractivity contribution in [2.24, 2.45) is 11.5 Å². The van der Waals surface area contributed by atoms with Crippen LogP contribution in [0.5, 0.6) is 0 Å². The summed E-state index contributed by atoms with van der Waals surface area (Å²) in [4.78, 5) is 17.5. The van der Waals surface area contributed by atoms with E-state index in [0.29, 0.717) is 13.1 Å². The van der Waals surface area contributed by atoms with E-state index in [4.69, 9.17) is 11.5 Å². The fourth-order valence-electron chi connectivity index (χ4n) is 2.23. The predicted molar refractivity (Wildman–Crippen MR) is 76.7 cm³/mol. The molecule has 1 aromatic carbocycles. The Hall–Kier alpha value is -2.14. The van der Waals surface area contributed by atoms with E-state index in [9.17, 15) is 4.79 Å². The first-order valence-electron chi connectivity index (χ1n) is 6.27. The molecule has 2 rings (SSSR count). The third-order valence-corrected chi connectivity index (χ3v) is 3.09. The Balaban J connectivity index is 2.63. The van der Waals surface area contributed by atoms with Gasteiger partial charge in [-0.3, -0.25) is 9.78 Å². The monoisotopic (exact) mass is 258 g/mol. The lowest BCUT2D eigenvalue weighted by Crippen LogP contribution is -2.34. The van der Waals surface area contributed by atoms with E-state index < -0.39 is 0 Å². The minimum Gasteiger partial charge on any atom is -0.368 e. The highest BCUT2D eigenvalue weighted by atomic mass is 16.1. The van der Waals surface area contributed by atoms with Gasteiger partial charge in [0, 0.05) is 30.2 Å². The highest BCUT2D eigenvalue weighted by Gasteiger charge is 2.15. The molecular weight excluding hydrogens is 240 g/mol. The molecule has 2 aromatic rings. The lowest BCUT2D eigenvalue weighted by atomic mass is 10.1. The minimum absolute atomic E-state index is 0.178. The summed E-state index contributed by atoms with van der Waals surface area (Å²) in [6, 6.07) is 7.81. The number of likely N-dealkylation sites (N-methyl/N-ethyl adjacent to an activating group) is 1. The number of nitrogens with two attached hydrogens (primary N) is 2. The summed E-state index contributed by atoms with van der Waals surface area (Å²) in [5, 5.41) is 0.994. The van der Waals surface area contributed by atoms with Crippen molar-refractivity contribution in [3.63, 3.8) is 0 Å². The molecule has 0 aliphatic heterocycles. The first kappa shape index (κ1) is 13.3. The van der Waals surface area contributed by atoms with E-state index in [1.807, 2.05) is 36.1 Å². The summed E-state index contributed by atoms with van der Waals surface area (Å²) >= 11 is 0. The fourth-order valence-corrected chi connectivity index (χ4v) is 2.23.